The quantitative estimate of drug-likeness (QED) is 0.609. The Balaban J connectivity index is 1.57. The maximum Gasteiger partial charge on any atom is 0.321 e. The summed E-state index contributed by atoms with van der Waals surface area (Å²) in [7, 11) is 0. The van der Waals surface area contributed by atoms with E-state index >= 15 is 0 Å². The second kappa shape index (κ2) is 8.98. The molecule has 1 fully saturated rings. The van der Waals surface area contributed by atoms with Crippen LogP contribution in [0, 0.1) is 10.1 Å². The molecule has 0 unspecified atom stereocenters. The zero-order valence-corrected chi connectivity index (χ0v) is 15.4. The minimum atomic E-state index is -0.514. The van der Waals surface area contributed by atoms with Gasteiger partial charge in [-0.15, -0.1) is 0 Å². The molecule has 0 atom stereocenters. The maximum absolute atomic E-state index is 12.3. The average molecular weight is 382 g/mol. The highest BCUT2D eigenvalue weighted by molar-refractivity contribution is 6.04. The first kappa shape index (κ1) is 19.3. The fraction of sp³-hybridized carbons (Fsp3) is 0.300. The molecule has 2 N–H and O–H groups in total. The van der Waals surface area contributed by atoms with Crippen molar-refractivity contribution in [1.29, 1.82) is 0 Å². The zero-order valence-electron chi connectivity index (χ0n) is 15.4. The van der Waals surface area contributed by atoms with E-state index in [1.54, 1.807) is 24.3 Å². The SMILES string of the molecule is O=C(Nc1ccc(NC(=O)N2CCCCCC2)cc1)c1ccc([N+](=O)[O-])cc1. The summed E-state index contributed by atoms with van der Waals surface area (Å²) in [5, 5.41) is 16.3. The Morgan fingerprint density at radius 1 is 0.821 bits per heavy atom. The summed E-state index contributed by atoms with van der Waals surface area (Å²) in [6.07, 6.45) is 4.38. The van der Waals surface area contributed by atoms with Crippen molar-refractivity contribution >= 4 is 29.0 Å². The topological polar surface area (TPSA) is 105 Å². The van der Waals surface area contributed by atoms with Crippen molar-refractivity contribution in [2.24, 2.45) is 0 Å². The van der Waals surface area contributed by atoms with Crippen molar-refractivity contribution < 1.29 is 14.5 Å². The van der Waals surface area contributed by atoms with E-state index in [0.717, 1.165) is 38.8 Å². The van der Waals surface area contributed by atoms with Gasteiger partial charge in [-0.05, 0) is 49.2 Å². The Bertz CT molecular complexity index is 842. The van der Waals surface area contributed by atoms with Gasteiger partial charge < -0.3 is 15.5 Å². The number of rotatable bonds is 4. The minimum Gasteiger partial charge on any atom is -0.325 e. The summed E-state index contributed by atoms with van der Waals surface area (Å²) >= 11 is 0. The van der Waals surface area contributed by atoms with Crippen LogP contribution in [0.5, 0.6) is 0 Å². The van der Waals surface area contributed by atoms with Crippen LogP contribution >= 0.6 is 0 Å². The molecule has 1 saturated heterocycles. The third kappa shape index (κ3) is 5.06. The first-order valence-corrected chi connectivity index (χ1v) is 9.25. The zero-order chi connectivity index (χ0) is 19.9. The number of nitrogens with one attached hydrogen (secondary N) is 2. The van der Waals surface area contributed by atoms with Gasteiger partial charge in [-0.2, -0.15) is 0 Å². The van der Waals surface area contributed by atoms with Crippen LogP contribution in [0.2, 0.25) is 0 Å². The molecule has 0 radical (unpaired) electrons. The minimum absolute atomic E-state index is 0.0685. The summed E-state index contributed by atoms with van der Waals surface area (Å²) in [4.78, 5) is 36.6. The fourth-order valence-corrected chi connectivity index (χ4v) is 3.05. The molecule has 28 heavy (non-hydrogen) atoms. The van der Waals surface area contributed by atoms with E-state index < -0.39 is 4.92 Å². The fourth-order valence-electron chi connectivity index (χ4n) is 3.05. The van der Waals surface area contributed by atoms with Gasteiger partial charge in [0, 0.05) is 42.2 Å². The third-order valence-corrected chi connectivity index (χ3v) is 4.63. The summed E-state index contributed by atoms with van der Waals surface area (Å²) in [5.41, 5.74) is 1.48. The molecule has 1 aliphatic rings. The number of nitrogens with zero attached hydrogens (tertiary/aromatic N) is 2. The van der Waals surface area contributed by atoms with Gasteiger partial charge in [-0.25, -0.2) is 4.79 Å². The van der Waals surface area contributed by atoms with E-state index in [2.05, 4.69) is 10.6 Å². The van der Waals surface area contributed by atoms with Gasteiger partial charge in [0.25, 0.3) is 11.6 Å². The average Bonchev–Trinajstić information content (AvgIpc) is 2.99. The molecule has 0 bridgehead atoms. The van der Waals surface area contributed by atoms with Crippen LogP contribution in [0.15, 0.2) is 48.5 Å². The number of hydrogen-bond donors (Lipinski definition) is 2. The third-order valence-electron chi connectivity index (χ3n) is 4.63. The van der Waals surface area contributed by atoms with Crippen LogP contribution in [-0.2, 0) is 0 Å². The molecule has 8 heteroatoms. The van der Waals surface area contributed by atoms with Gasteiger partial charge in [-0.1, -0.05) is 12.8 Å². The number of amides is 3. The maximum atomic E-state index is 12.3. The van der Waals surface area contributed by atoms with Gasteiger partial charge in [0.2, 0.25) is 0 Å². The highest BCUT2D eigenvalue weighted by Crippen LogP contribution is 2.18. The largest absolute Gasteiger partial charge is 0.325 e. The number of nitro groups is 1. The van der Waals surface area contributed by atoms with E-state index in [0.29, 0.717) is 16.9 Å². The number of non-ortho nitro benzene ring substituents is 1. The molecule has 146 valence electrons. The predicted octanol–water partition coefficient (Wildman–Crippen LogP) is 4.26. The predicted molar refractivity (Wildman–Crippen MR) is 107 cm³/mol. The van der Waals surface area contributed by atoms with Crippen LogP contribution in [0.3, 0.4) is 0 Å². The molecule has 0 aromatic heterocycles. The first-order valence-electron chi connectivity index (χ1n) is 9.25. The number of nitro benzene ring substituents is 1. The van der Waals surface area contributed by atoms with Gasteiger partial charge >= 0.3 is 6.03 Å². The molecule has 3 amide bonds. The van der Waals surface area contributed by atoms with Crippen molar-refractivity contribution in [2.45, 2.75) is 25.7 Å². The lowest BCUT2D eigenvalue weighted by atomic mass is 10.2. The van der Waals surface area contributed by atoms with Crippen molar-refractivity contribution in [3.05, 3.63) is 64.2 Å². The Kier molecular flexibility index (Phi) is 6.21. The number of carbonyl (C=O) groups excluding carboxylic acids is 2. The standard InChI is InChI=1S/C20H22N4O4/c25-19(15-5-11-18(12-6-15)24(27)28)21-16-7-9-17(10-8-16)22-20(26)23-13-3-1-2-4-14-23/h5-12H,1-4,13-14H2,(H,21,25)(H,22,26). The number of likely N-dealkylation sites (tertiary alicyclic amines) is 1. The molecule has 2 aromatic carbocycles. The number of urea groups is 1. The molecular weight excluding hydrogens is 360 g/mol. The molecule has 0 aliphatic carbocycles. The lowest BCUT2D eigenvalue weighted by Gasteiger charge is -2.20. The summed E-state index contributed by atoms with van der Waals surface area (Å²) < 4.78 is 0. The van der Waals surface area contributed by atoms with E-state index in [1.165, 1.54) is 24.3 Å². The highest BCUT2D eigenvalue weighted by Gasteiger charge is 2.15. The van der Waals surface area contributed by atoms with Crippen LogP contribution in [-0.4, -0.2) is 34.9 Å². The molecule has 1 aliphatic heterocycles. The van der Waals surface area contributed by atoms with Crippen LogP contribution in [0.25, 0.3) is 0 Å². The van der Waals surface area contributed by atoms with Crippen molar-refractivity contribution in [2.75, 3.05) is 23.7 Å². The highest BCUT2D eigenvalue weighted by atomic mass is 16.6. The summed E-state index contributed by atoms with van der Waals surface area (Å²) in [6.45, 7) is 1.55. The van der Waals surface area contributed by atoms with Gasteiger partial charge in [0.05, 0.1) is 4.92 Å². The molecule has 8 nitrogen and oxygen atoms in total. The number of carbonyl (C=O) groups is 2. The van der Waals surface area contributed by atoms with Crippen molar-refractivity contribution in [1.82, 2.24) is 4.90 Å². The van der Waals surface area contributed by atoms with Gasteiger partial charge in [0.1, 0.15) is 0 Å². The van der Waals surface area contributed by atoms with E-state index in [9.17, 15) is 19.7 Å². The van der Waals surface area contributed by atoms with Crippen molar-refractivity contribution in [3.63, 3.8) is 0 Å². The number of hydrogen-bond acceptors (Lipinski definition) is 4. The van der Waals surface area contributed by atoms with Crippen LogP contribution in [0.4, 0.5) is 21.9 Å². The Morgan fingerprint density at radius 2 is 1.36 bits per heavy atom. The summed E-state index contributed by atoms with van der Waals surface area (Å²) in [5.74, 6) is -0.365. The normalized spacial score (nSPS) is 14.1. The Morgan fingerprint density at radius 3 is 1.89 bits per heavy atom. The number of benzene rings is 2. The Hall–Kier alpha value is -3.42. The Labute approximate surface area is 162 Å². The smallest absolute Gasteiger partial charge is 0.321 e. The monoisotopic (exact) mass is 382 g/mol. The molecule has 3 rings (SSSR count). The number of anilines is 2. The van der Waals surface area contributed by atoms with Crippen LogP contribution < -0.4 is 10.6 Å². The van der Waals surface area contributed by atoms with E-state index in [1.807, 2.05) is 4.90 Å². The van der Waals surface area contributed by atoms with Crippen LogP contribution in [0.1, 0.15) is 36.0 Å². The molecular formula is C20H22N4O4. The lowest BCUT2D eigenvalue weighted by molar-refractivity contribution is -0.384. The van der Waals surface area contributed by atoms with Gasteiger partial charge in [0.15, 0.2) is 0 Å². The molecule has 0 saturated carbocycles. The lowest BCUT2D eigenvalue weighted by Crippen LogP contribution is -2.35. The van der Waals surface area contributed by atoms with E-state index in [4.69, 9.17) is 0 Å². The molecule has 1 heterocycles. The molecule has 0 spiro atoms. The van der Waals surface area contributed by atoms with Crippen molar-refractivity contribution in [3.8, 4) is 0 Å². The second-order valence-electron chi connectivity index (χ2n) is 6.67. The van der Waals surface area contributed by atoms with Gasteiger partial charge in [-0.3, -0.25) is 14.9 Å². The second-order valence-corrected chi connectivity index (χ2v) is 6.67. The first-order chi connectivity index (χ1) is 13.5. The molecule has 2 aromatic rings. The van der Waals surface area contributed by atoms with E-state index in [-0.39, 0.29) is 17.6 Å². The summed E-state index contributed by atoms with van der Waals surface area (Å²) in [6, 6.07) is 12.1.